The molecule has 0 bridgehead atoms. The SMILES string of the molecule is O=C(CC1COCCN1)c1ccc(F)c(F)c1F. The molecule has 0 amide bonds. The zero-order valence-electron chi connectivity index (χ0n) is 9.51. The topological polar surface area (TPSA) is 38.3 Å². The first kappa shape index (κ1) is 13.0. The lowest BCUT2D eigenvalue weighted by Crippen LogP contribution is -2.42. The van der Waals surface area contributed by atoms with Crippen molar-refractivity contribution in [3.8, 4) is 0 Å². The lowest BCUT2D eigenvalue weighted by atomic mass is 10.0. The first-order valence-corrected chi connectivity index (χ1v) is 5.57. The quantitative estimate of drug-likeness (QED) is 0.663. The number of hydrogen-bond acceptors (Lipinski definition) is 3. The molecule has 1 heterocycles. The fraction of sp³-hybridized carbons (Fsp3) is 0.417. The third-order valence-corrected chi connectivity index (χ3v) is 2.77. The molecule has 0 radical (unpaired) electrons. The lowest BCUT2D eigenvalue weighted by molar-refractivity contribution is 0.0674. The minimum Gasteiger partial charge on any atom is -0.378 e. The maximum absolute atomic E-state index is 13.4. The summed E-state index contributed by atoms with van der Waals surface area (Å²) >= 11 is 0. The van der Waals surface area contributed by atoms with Gasteiger partial charge in [-0.1, -0.05) is 0 Å². The third kappa shape index (κ3) is 2.70. The van der Waals surface area contributed by atoms with Crippen molar-refractivity contribution < 1.29 is 22.7 Å². The summed E-state index contributed by atoms with van der Waals surface area (Å²) in [5.41, 5.74) is -0.429. The molecule has 0 saturated carbocycles. The summed E-state index contributed by atoms with van der Waals surface area (Å²) in [6, 6.07) is 1.48. The molecule has 3 nitrogen and oxygen atoms in total. The van der Waals surface area contributed by atoms with Gasteiger partial charge in [-0.3, -0.25) is 4.79 Å². The van der Waals surface area contributed by atoms with Gasteiger partial charge in [0.15, 0.2) is 23.2 Å². The average molecular weight is 259 g/mol. The van der Waals surface area contributed by atoms with Crippen LogP contribution in [-0.4, -0.2) is 31.6 Å². The van der Waals surface area contributed by atoms with Crippen molar-refractivity contribution >= 4 is 5.78 Å². The van der Waals surface area contributed by atoms with Crippen molar-refractivity contribution in [3.63, 3.8) is 0 Å². The number of halogens is 3. The second-order valence-electron chi connectivity index (χ2n) is 4.08. The fourth-order valence-corrected chi connectivity index (χ4v) is 1.83. The van der Waals surface area contributed by atoms with E-state index in [4.69, 9.17) is 4.74 Å². The largest absolute Gasteiger partial charge is 0.378 e. The summed E-state index contributed by atoms with van der Waals surface area (Å²) in [6.07, 6.45) is -0.0119. The number of rotatable bonds is 3. The Kier molecular flexibility index (Phi) is 3.98. The van der Waals surface area contributed by atoms with E-state index in [1.54, 1.807) is 0 Å². The molecule has 1 aliphatic heterocycles. The van der Waals surface area contributed by atoms with E-state index in [-0.39, 0.29) is 12.5 Å². The number of morpholine rings is 1. The highest BCUT2D eigenvalue weighted by atomic mass is 19.2. The van der Waals surface area contributed by atoms with Crippen LogP contribution in [0.15, 0.2) is 12.1 Å². The summed E-state index contributed by atoms with van der Waals surface area (Å²) < 4.78 is 44.2. The highest BCUT2D eigenvalue weighted by Crippen LogP contribution is 2.17. The van der Waals surface area contributed by atoms with Crippen LogP contribution in [-0.2, 0) is 4.74 Å². The Hall–Kier alpha value is -1.40. The first-order chi connectivity index (χ1) is 8.59. The van der Waals surface area contributed by atoms with Gasteiger partial charge in [0.25, 0.3) is 0 Å². The van der Waals surface area contributed by atoms with Gasteiger partial charge in [-0.2, -0.15) is 0 Å². The van der Waals surface area contributed by atoms with Crippen LogP contribution in [0.5, 0.6) is 0 Å². The molecule has 18 heavy (non-hydrogen) atoms. The molecule has 1 saturated heterocycles. The molecule has 98 valence electrons. The Morgan fingerprint density at radius 2 is 2.11 bits per heavy atom. The van der Waals surface area contributed by atoms with E-state index in [2.05, 4.69) is 5.32 Å². The zero-order valence-corrected chi connectivity index (χ0v) is 9.51. The van der Waals surface area contributed by atoms with Gasteiger partial charge >= 0.3 is 0 Å². The van der Waals surface area contributed by atoms with E-state index in [1.165, 1.54) is 0 Å². The van der Waals surface area contributed by atoms with Crippen LogP contribution in [0.3, 0.4) is 0 Å². The van der Waals surface area contributed by atoms with Crippen LogP contribution in [0.4, 0.5) is 13.2 Å². The fourth-order valence-electron chi connectivity index (χ4n) is 1.83. The minimum atomic E-state index is -1.62. The predicted octanol–water partition coefficient (Wildman–Crippen LogP) is 1.67. The minimum absolute atomic E-state index is 0.0119. The highest BCUT2D eigenvalue weighted by Gasteiger charge is 2.22. The van der Waals surface area contributed by atoms with Gasteiger partial charge < -0.3 is 10.1 Å². The third-order valence-electron chi connectivity index (χ3n) is 2.77. The normalized spacial score (nSPS) is 19.8. The van der Waals surface area contributed by atoms with Crippen LogP contribution in [0.25, 0.3) is 0 Å². The Labute approximate surface area is 102 Å². The van der Waals surface area contributed by atoms with Crippen LogP contribution in [0.2, 0.25) is 0 Å². The molecule has 2 rings (SSSR count). The average Bonchev–Trinajstić information content (AvgIpc) is 2.37. The summed E-state index contributed by atoms with van der Waals surface area (Å²) in [7, 11) is 0. The molecule has 0 spiro atoms. The number of carbonyl (C=O) groups excluding carboxylic acids is 1. The van der Waals surface area contributed by atoms with Crippen LogP contribution in [0.1, 0.15) is 16.8 Å². The second kappa shape index (κ2) is 5.49. The van der Waals surface area contributed by atoms with E-state index in [0.717, 1.165) is 12.1 Å². The molecule has 0 aromatic heterocycles. The standard InChI is InChI=1S/C12H12F3NO2/c13-9-2-1-8(11(14)12(9)15)10(17)5-7-6-18-4-3-16-7/h1-2,7,16H,3-6H2. The smallest absolute Gasteiger partial charge is 0.195 e. The Morgan fingerprint density at radius 1 is 1.33 bits per heavy atom. The summed E-state index contributed by atoms with van der Waals surface area (Å²) in [4.78, 5) is 11.8. The van der Waals surface area contributed by atoms with Crippen LogP contribution < -0.4 is 5.32 Å². The maximum Gasteiger partial charge on any atom is 0.195 e. The molecular weight excluding hydrogens is 247 g/mol. The molecule has 1 aliphatic rings. The van der Waals surface area contributed by atoms with Crippen molar-refractivity contribution in [2.75, 3.05) is 19.8 Å². The number of nitrogens with one attached hydrogen (secondary N) is 1. The van der Waals surface area contributed by atoms with Gasteiger partial charge in [-0.05, 0) is 12.1 Å². The molecule has 1 aromatic rings. The Balaban J connectivity index is 2.11. The molecule has 1 aromatic carbocycles. The van der Waals surface area contributed by atoms with Gasteiger partial charge in [0, 0.05) is 19.0 Å². The molecule has 0 aliphatic carbocycles. The molecule has 1 unspecified atom stereocenters. The predicted molar refractivity (Wildman–Crippen MR) is 57.9 cm³/mol. The molecule has 1 atom stereocenters. The van der Waals surface area contributed by atoms with E-state index >= 15 is 0 Å². The number of ketones is 1. The van der Waals surface area contributed by atoms with E-state index in [1.807, 2.05) is 0 Å². The van der Waals surface area contributed by atoms with E-state index in [0.29, 0.717) is 19.8 Å². The first-order valence-electron chi connectivity index (χ1n) is 5.57. The van der Waals surface area contributed by atoms with Gasteiger partial charge in [0.2, 0.25) is 0 Å². The summed E-state index contributed by atoms with van der Waals surface area (Å²) in [5.74, 6) is -4.93. The van der Waals surface area contributed by atoms with Gasteiger partial charge in [0.1, 0.15) is 0 Å². The molecule has 6 heteroatoms. The maximum atomic E-state index is 13.4. The molecular formula is C12H12F3NO2. The van der Waals surface area contributed by atoms with Crippen LogP contribution in [0, 0.1) is 17.5 Å². The zero-order chi connectivity index (χ0) is 13.1. The van der Waals surface area contributed by atoms with Crippen molar-refractivity contribution in [2.24, 2.45) is 0 Å². The van der Waals surface area contributed by atoms with Gasteiger partial charge in [-0.25, -0.2) is 13.2 Å². The van der Waals surface area contributed by atoms with E-state index in [9.17, 15) is 18.0 Å². The molecule has 1 fully saturated rings. The number of hydrogen-bond donors (Lipinski definition) is 1. The second-order valence-corrected chi connectivity index (χ2v) is 4.08. The monoisotopic (exact) mass is 259 g/mol. The van der Waals surface area contributed by atoms with Crippen LogP contribution >= 0.6 is 0 Å². The highest BCUT2D eigenvalue weighted by molar-refractivity contribution is 5.96. The summed E-state index contributed by atoms with van der Waals surface area (Å²) in [6.45, 7) is 1.51. The lowest BCUT2D eigenvalue weighted by Gasteiger charge is -2.23. The number of Topliss-reactive ketones (excluding diaryl/α,β-unsaturated/α-hetero) is 1. The van der Waals surface area contributed by atoms with Crippen molar-refractivity contribution in [1.82, 2.24) is 5.32 Å². The summed E-state index contributed by atoms with van der Waals surface area (Å²) in [5, 5.41) is 3.03. The van der Waals surface area contributed by atoms with Crippen molar-refractivity contribution in [1.29, 1.82) is 0 Å². The number of ether oxygens (including phenoxy) is 1. The molecule has 1 N–H and O–H groups in total. The van der Waals surface area contributed by atoms with Gasteiger partial charge in [-0.15, -0.1) is 0 Å². The Bertz CT molecular complexity index is 459. The van der Waals surface area contributed by atoms with Gasteiger partial charge in [0.05, 0.1) is 18.8 Å². The van der Waals surface area contributed by atoms with E-state index < -0.39 is 28.8 Å². The van der Waals surface area contributed by atoms with Crippen molar-refractivity contribution in [3.05, 3.63) is 35.1 Å². The number of carbonyl (C=O) groups is 1. The number of benzene rings is 1. The van der Waals surface area contributed by atoms with Crippen molar-refractivity contribution in [2.45, 2.75) is 12.5 Å². The Morgan fingerprint density at radius 3 is 2.78 bits per heavy atom.